The van der Waals surface area contributed by atoms with Crippen molar-refractivity contribution in [1.82, 2.24) is 0 Å². The monoisotopic (exact) mass is 108 g/mol. The minimum Gasteiger partial charge on any atom is -1.00 e. The van der Waals surface area contributed by atoms with E-state index >= 15 is 0 Å². The van der Waals surface area contributed by atoms with Crippen LogP contribution in [0.3, 0.4) is 0 Å². The quantitative estimate of drug-likeness (QED) is 0.221. The zero-order valence-corrected chi connectivity index (χ0v) is 7.06. The third-order valence-electron chi connectivity index (χ3n) is 0.401. The topological polar surface area (TPSA) is 17.1 Å². The molecule has 0 aliphatic carbocycles. The predicted octanol–water partition coefficient (Wildman–Crippen LogP) is -1.73. The van der Waals surface area contributed by atoms with Gasteiger partial charge >= 0.3 is 29.6 Å². The molecule has 0 spiro atoms. The van der Waals surface area contributed by atoms with E-state index in [1.807, 2.05) is 13.8 Å². The second-order valence-corrected chi connectivity index (χ2v) is 1.38. The van der Waals surface area contributed by atoms with Gasteiger partial charge in [0.2, 0.25) is 0 Å². The van der Waals surface area contributed by atoms with Gasteiger partial charge in [0.25, 0.3) is 0 Å². The molecule has 0 amide bonds. The van der Waals surface area contributed by atoms with Crippen molar-refractivity contribution in [1.29, 1.82) is 0 Å². The van der Waals surface area contributed by atoms with Crippen LogP contribution < -0.4 is 29.6 Å². The van der Waals surface area contributed by atoms with E-state index in [1.165, 1.54) is 6.08 Å². The normalized spacial score (nSPS) is 6.00. The van der Waals surface area contributed by atoms with Gasteiger partial charge in [-0.2, -0.15) is 0 Å². The maximum Gasteiger partial charge on any atom is 1.00 e. The largest absolute Gasteiger partial charge is 1.00 e. The summed E-state index contributed by atoms with van der Waals surface area (Å²) in [5.74, 6) is 0. The van der Waals surface area contributed by atoms with Gasteiger partial charge in [0, 0.05) is 0 Å². The molecule has 0 rings (SSSR count). The van der Waals surface area contributed by atoms with Gasteiger partial charge in [-0.15, -0.1) is 0 Å². The molecule has 0 saturated carbocycles. The Hall–Kier alpha value is 0.410. The van der Waals surface area contributed by atoms with Crippen LogP contribution in [0.4, 0.5) is 0 Å². The molecule has 0 fully saturated rings. The summed E-state index contributed by atoms with van der Waals surface area (Å²) in [5, 5.41) is 0. The number of hydrogen-bond acceptors (Lipinski definition) is 1. The summed E-state index contributed by atoms with van der Waals surface area (Å²) >= 11 is 0. The molecule has 0 saturated heterocycles. The van der Waals surface area contributed by atoms with Crippen LogP contribution in [0.15, 0.2) is 11.6 Å². The predicted molar refractivity (Wildman–Crippen MR) is 26.6 cm³/mol. The fraction of sp³-hybridized carbons (Fsp3) is 0.400. The first kappa shape index (κ1) is 10.4. The third kappa shape index (κ3) is 10.7. The second kappa shape index (κ2) is 6.41. The molecule has 0 aliphatic heterocycles. The number of carbonyl (C=O) groups is 1. The standard InChI is InChI=1S/C5H8O.Na.H/c1-5(2)3-4-6;;/h3-4H,1-2H3;;/q;+1;-1. The van der Waals surface area contributed by atoms with Gasteiger partial charge in [-0.3, -0.25) is 4.79 Å². The summed E-state index contributed by atoms with van der Waals surface area (Å²) in [4.78, 5) is 9.54. The average molecular weight is 108 g/mol. The second-order valence-electron chi connectivity index (χ2n) is 1.38. The summed E-state index contributed by atoms with van der Waals surface area (Å²) in [5.41, 5.74) is 1.05. The Kier molecular flexibility index (Phi) is 9.53. The van der Waals surface area contributed by atoms with Crippen molar-refractivity contribution in [3.05, 3.63) is 11.6 Å². The van der Waals surface area contributed by atoms with E-state index in [0.29, 0.717) is 0 Å². The zero-order valence-electron chi connectivity index (χ0n) is 6.06. The van der Waals surface area contributed by atoms with Crippen LogP contribution >= 0.6 is 0 Å². The van der Waals surface area contributed by atoms with Crippen molar-refractivity contribution < 1.29 is 35.8 Å². The van der Waals surface area contributed by atoms with E-state index in [4.69, 9.17) is 0 Å². The average Bonchev–Trinajstić information content (AvgIpc) is 1.35. The van der Waals surface area contributed by atoms with Crippen LogP contribution in [-0.4, -0.2) is 6.29 Å². The van der Waals surface area contributed by atoms with Gasteiger partial charge in [0.05, 0.1) is 0 Å². The zero-order chi connectivity index (χ0) is 4.99. The third-order valence-corrected chi connectivity index (χ3v) is 0.401. The molecule has 36 valence electrons. The fourth-order valence-electron chi connectivity index (χ4n) is 0.136. The van der Waals surface area contributed by atoms with E-state index in [1.54, 1.807) is 0 Å². The number of rotatable bonds is 1. The molecule has 7 heavy (non-hydrogen) atoms. The van der Waals surface area contributed by atoms with Crippen molar-refractivity contribution in [3.63, 3.8) is 0 Å². The number of hydrogen-bond donors (Lipinski definition) is 0. The molecule has 0 N–H and O–H groups in total. The summed E-state index contributed by atoms with van der Waals surface area (Å²) < 4.78 is 0. The van der Waals surface area contributed by atoms with Gasteiger partial charge < -0.3 is 1.43 Å². The molecule has 0 radical (unpaired) electrons. The first-order valence-electron chi connectivity index (χ1n) is 1.86. The molecule has 0 aromatic carbocycles. The Bertz CT molecular complexity index is 76.5. The minimum absolute atomic E-state index is 0. The van der Waals surface area contributed by atoms with E-state index < -0.39 is 0 Å². The molecular weight excluding hydrogens is 99.0 g/mol. The van der Waals surface area contributed by atoms with E-state index in [0.717, 1.165) is 11.9 Å². The van der Waals surface area contributed by atoms with Crippen LogP contribution in [0.5, 0.6) is 0 Å². The summed E-state index contributed by atoms with van der Waals surface area (Å²) in [7, 11) is 0. The number of allylic oxidation sites excluding steroid dienone is 2. The van der Waals surface area contributed by atoms with Gasteiger partial charge in [0.1, 0.15) is 6.29 Å². The first-order valence-corrected chi connectivity index (χ1v) is 1.86. The van der Waals surface area contributed by atoms with E-state index in [-0.39, 0.29) is 31.0 Å². The molecule has 1 nitrogen and oxygen atoms in total. The number of aldehydes is 1. The Morgan fingerprint density at radius 3 is 2.00 bits per heavy atom. The van der Waals surface area contributed by atoms with Crippen LogP contribution in [0.2, 0.25) is 0 Å². The first-order chi connectivity index (χ1) is 2.77. The SMILES string of the molecule is CC(C)=CC=O.[H-].[Na+]. The Morgan fingerprint density at radius 1 is 1.57 bits per heavy atom. The summed E-state index contributed by atoms with van der Waals surface area (Å²) in [6.07, 6.45) is 2.31. The molecule has 0 bridgehead atoms. The molecule has 0 aromatic rings. The molecule has 0 atom stereocenters. The van der Waals surface area contributed by atoms with Gasteiger partial charge in [-0.1, -0.05) is 5.57 Å². The van der Waals surface area contributed by atoms with E-state index in [9.17, 15) is 4.79 Å². The van der Waals surface area contributed by atoms with Crippen molar-refractivity contribution >= 4 is 6.29 Å². The van der Waals surface area contributed by atoms with Crippen LogP contribution in [0, 0.1) is 0 Å². The fourth-order valence-corrected chi connectivity index (χ4v) is 0.136. The smallest absolute Gasteiger partial charge is 1.00 e. The molecule has 0 unspecified atom stereocenters. The summed E-state index contributed by atoms with van der Waals surface area (Å²) in [6, 6.07) is 0. The van der Waals surface area contributed by atoms with Gasteiger partial charge in [-0.05, 0) is 19.9 Å². The Morgan fingerprint density at radius 2 is 2.00 bits per heavy atom. The molecule has 0 aromatic heterocycles. The molecule has 2 heteroatoms. The van der Waals surface area contributed by atoms with Gasteiger partial charge in [0.15, 0.2) is 0 Å². The Labute approximate surface area is 67.6 Å². The molecule has 0 aliphatic rings. The van der Waals surface area contributed by atoms with Crippen molar-refractivity contribution in [2.45, 2.75) is 13.8 Å². The Balaban J connectivity index is -0.000000125. The number of carbonyl (C=O) groups excluding carboxylic acids is 1. The van der Waals surface area contributed by atoms with Crippen LogP contribution in [-0.2, 0) is 4.79 Å². The maximum absolute atomic E-state index is 9.54. The minimum atomic E-state index is 0. The van der Waals surface area contributed by atoms with Crippen LogP contribution in [0.25, 0.3) is 0 Å². The molecular formula is C5H9NaO. The van der Waals surface area contributed by atoms with Crippen molar-refractivity contribution in [3.8, 4) is 0 Å². The maximum atomic E-state index is 9.54. The summed E-state index contributed by atoms with van der Waals surface area (Å²) in [6.45, 7) is 3.77. The van der Waals surface area contributed by atoms with E-state index in [2.05, 4.69) is 0 Å². The van der Waals surface area contributed by atoms with Crippen LogP contribution in [0.1, 0.15) is 15.3 Å². The van der Waals surface area contributed by atoms with Crippen molar-refractivity contribution in [2.24, 2.45) is 0 Å². The molecule has 0 heterocycles. The van der Waals surface area contributed by atoms with Crippen molar-refractivity contribution in [2.75, 3.05) is 0 Å². The van der Waals surface area contributed by atoms with Gasteiger partial charge in [-0.25, -0.2) is 0 Å².